The highest BCUT2D eigenvalue weighted by Gasteiger charge is 2.28. The molecule has 0 aliphatic carbocycles. The van der Waals surface area contributed by atoms with E-state index in [1.54, 1.807) is 7.11 Å². The monoisotopic (exact) mass is 222 g/mol. The summed E-state index contributed by atoms with van der Waals surface area (Å²) in [6.07, 6.45) is 1.07. The maximum absolute atomic E-state index is 5.42. The van der Waals surface area contributed by atoms with Gasteiger partial charge in [0.2, 0.25) is 0 Å². The molecule has 0 aliphatic heterocycles. The lowest BCUT2D eigenvalue weighted by Crippen LogP contribution is -2.34. The molecule has 0 fully saturated rings. The Morgan fingerprint density at radius 1 is 1.18 bits per heavy atom. The summed E-state index contributed by atoms with van der Waals surface area (Å²) in [6, 6.07) is 0. The van der Waals surface area contributed by atoms with Gasteiger partial charge in [0.25, 0.3) is 0 Å². The molecule has 0 saturated heterocycles. The number of ether oxygens (including phenoxy) is 1. The molecule has 1 nitrogen and oxygen atoms in total. The molecule has 0 rings (SSSR count). The maximum atomic E-state index is 5.42. The average Bonchev–Trinajstić information content (AvgIpc) is 1.84. The molecule has 0 bridgehead atoms. The molecule has 0 spiro atoms. The van der Waals surface area contributed by atoms with Gasteiger partial charge in [-0.05, 0) is 18.8 Å². The zero-order valence-corrected chi connectivity index (χ0v) is 9.79. The molecule has 1 atom stereocenters. The van der Waals surface area contributed by atoms with Crippen LogP contribution < -0.4 is 0 Å². The molecule has 0 aromatic rings. The van der Waals surface area contributed by atoms with Crippen molar-refractivity contribution in [1.29, 1.82) is 0 Å². The minimum atomic E-state index is -0.0156. The van der Waals surface area contributed by atoms with E-state index in [0.29, 0.717) is 5.41 Å². The van der Waals surface area contributed by atoms with Crippen LogP contribution in [0.25, 0.3) is 0 Å². The fourth-order valence-electron chi connectivity index (χ4n) is 1.30. The first-order valence-electron chi connectivity index (χ1n) is 3.94. The second kappa shape index (κ2) is 3.90. The second-order valence-electron chi connectivity index (χ2n) is 4.53. The van der Waals surface area contributed by atoms with E-state index < -0.39 is 0 Å². The number of halogens is 1. The van der Waals surface area contributed by atoms with Crippen molar-refractivity contribution in [2.75, 3.05) is 12.4 Å². The molecule has 1 unspecified atom stereocenters. The summed E-state index contributed by atoms with van der Waals surface area (Å²) in [5, 5.41) is 0.897. The summed E-state index contributed by atoms with van der Waals surface area (Å²) in [7, 11) is 1.77. The van der Waals surface area contributed by atoms with Crippen LogP contribution in [0, 0.1) is 5.41 Å². The Hall–Kier alpha value is 0.440. The van der Waals surface area contributed by atoms with Gasteiger partial charge >= 0.3 is 0 Å². The van der Waals surface area contributed by atoms with Crippen molar-refractivity contribution < 1.29 is 4.74 Å². The summed E-state index contributed by atoms with van der Waals surface area (Å²) in [5.74, 6) is 0. The number of methoxy groups -OCH3 is 1. The molecular formula is C9H19BrO. The van der Waals surface area contributed by atoms with E-state index in [1.165, 1.54) is 0 Å². The number of rotatable bonds is 3. The van der Waals surface area contributed by atoms with Crippen LogP contribution in [0.4, 0.5) is 0 Å². The van der Waals surface area contributed by atoms with Gasteiger partial charge < -0.3 is 4.74 Å². The van der Waals surface area contributed by atoms with E-state index in [-0.39, 0.29) is 5.60 Å². The van der Waals surface area contributed by atoms with E-state index in [4.69, 9.17) is 4.74 Å². The molecular weight excluding hydrogens is 204 g/mol. The highest BCUT2D eigenvalue weighted by atomic mass is 79.9. The Kier molecular flexibility index (Phi) is 4.06. The van der Waals surface area contributed by atoms with Crippen molar-refractivity contribution in [1.82, 2.24) is 0 Å². The van der Waals surface area contributed by atoms with Crippen molar-refractivity contribution in [2.24, 2.45) is 5.41 Å². The molecule has 0 aliphatic rings. The lowest BCUT2D eigenvalue weighted by atomic mass is 9.84. The highest BCUT2D eigenvalue weighted by molar-refractivity contribution is 9.09. The van der Waals surface area contributed by atoms with Crippen LogP contribution in [0.3, 0.4) is 0 Å². The Bertz CT molecular complexity index is 111. The highest BCUT2D eigenvalue weighted by Crippen LogP contribution is 2.30. The molecule has 68 valence electrons. The topological polar surface area (TPSA) is 9.23 Å². The number of alkyl halides is 1. The first-order valence-corrected chi connectivity index (χ1v) is 5.06. The third-order valence-electron chi connectivity index (χ3n) is 1.68. The van der Waals surface area contributed by atoms with Crippen molar-refractivity contribution in [2.45, 2.75) is 39.7 Å². The van der Waals surface area contributed by atoms with Crippen LogP contribution in [-0.2, 0) is 4.74 Å². The average molecular weight is 223 g/mol. The predicted octanol–water partition coefficient (Wildman–Crippen LogP) is 3.22. The lowest BCUT2D eigenvalue weighted by Gasteiger charge is -2.32. The van der Waals surface area contributed by atoms with Gasteiger partial charge in [-0.25, -0.2) is 0 Å². The van der Waals surface area contributed by atoms with E-state index in [9.17, 15) is 0 Å². The summed E-state index contributed by atoms with van der Waals surface area (Å²) in [6.45, 7) is 8.82. The van der Waals surface area contributed by atoms with Crippen molar-refractivity contribution in [3.63, 3.8) is 0 Å². The van der Waals surface area contributed by atoms with E-state index in [2.05, 4.69) is 43.6 Å². The zero-order chi connectivity index (χ0) is 9.12. The summed E-state index contributed by atoms with van der Waals surface area (Å²) >= 11 is 3.46. The minimum absolute atomic E-state index is 0.0156. The van der Waals surface area contributed by atoms with Crippen LogP contribution in [0.1, 0.15) is 34.1 Å². The molecule has 0 saturated carbocycles. The summed E-state index contributed by atoms with van der Waals surface area (Å²) in [4.78, 5) is 0. The Balaban J connectivity index is 4.08. The van der Waals surface area contributed by atoms with Gasteiger partial charge in [-0.2, -0.15) is 0 Å². The summed E-state index contributed by atoms with van der Waals surface area (Å²) < 4.78 is 5.42. The molecule has 11 heavy (non-hydrogen) atoms. The standard InChI is InChI=1S/C9H19BrO/c1-8(2,3)6-9(4,7-10)11-5/h6-7H2,1-5H3. The number of hydrogen-bond donors (Lipinski definition) is 0. The molecule has 0 aromatic carbocycles. The van der Waals surface area contributed by atoms with Gasteiger partial charge in [0.05, 0.1) is 5.60 Å². The molecule has 0 amide bonds. The molecule has 0 heterocycles. The van der Waals surface area contributed by atoms with Crippen LogP contribution >= 0.6 is 15.9 Å². The largest absolute Gasteiger partial charge is 0.378 e. The third-order valence-corrected chi connectivity index (χ3v) is 2.87. The predicted molar refractivity (Wildman–Crippen MR) is 53.3 cm³/mol. The van der Waals surface area contributed by atoms with Gasteiger partial charge in [0, 0.05) is 12.4 Å². The molecule has 0 N–H and O–H groups in total. The lowest BCUT2D eigenvalue weighted by molar-refractivity contribution is -0.00431. The van der Waals surface area contributed by atoms with Crippen LogP contribution in [-0.4, -0.2) is 18.0 Å². The van der Waals surface area contributed by atoms with Gasteiger partial charge in [-0.15, -0.1) is 0 Å². The van der Waals surface area contributed by atoms with Crippen molar-refractivity contribution in [3.05, 3.63) is 0 Å². The van der Waals surface area contributed by atoms with Crippen molar-refractivity contribution in [3.8, 4) is 0 Å². The molecule has 0 aromatic heterocycles. The molecule has 0 radical (unpaired) electrons. The van der Waals surface area contributed by atoms with Gasteiger partial charge in [-0.1, -0.05) is 36.7 Å². The SMILES string of the molecule is COC(C)(CBr)CC(C)(C)C. The quantitative estimate of drug-likeness (QED) is 0.667. The fraction of sp³-hybridized carbons (Fsp3) is 1.00. The molecule has 2 heteroatoms. The van der Waals surface area contributed by atoms with Gasteiger partial charge in [0.15, 0.2) is 0 Å². The first-order chi connectivity index (χ1) is 4.83. The minimum Gasteiger partial charge on any atom is -0.378 e. The third kappa shape index (κ3) is 4.81. The van der Waals surface area contributed by atoms with Crippen LogP contribution in [0.2, 0.25) is 0 Å². The zero-order valence-electron chi connectivity index (χ0n) is 8.20. The first kappa shape index (κ1) is 11.4. The summed E-state index contributed by atoms with van der Waals surface area (Å²) in [5.41, 5.74) is 0.316. The van der Waals surface area contributed by atoms with E-state index in [1.807, 2.05) is 0 Å². The van der Waals surface area contributed by atoms with E-state index >= 15 is 0 Å². The Morgan fingerprint density at radius 3 is 1.73 bits per heavy atom. The smallest absolute Gasteiger partial charge is 0.0752 e. The second-order valence-corrected chi connectivity index (χ2v) is 5.09. The van der Waals surface area contributed by atoms with E-state index in [0.717, 1.165) is 11.8 Å². The van der Waals surface area contributed by atoms with Gasteiger partial charge in [0.1, 0.15) is 0 Å². The number of hydrogen-bond acceptors (Lipinski definition) is 1. The van der Waals surface area contributed by atoms with Crippen molar-refractivity contribution >= 4 is 15.9 Å². The van der Waals surface area contributed by atoms with Crippen LogP contribution in [0.5, 0.6) is 0 Å². The van der Waals surface area contributed by atoms with Crippen LogP contribution in [0.15, 0.2) is 0 Å². The fourth-order valence-corrected chi connectivity index (χ4v) is 1.72. The van der Waals surface area contributed by atoms with Gasteiger partial charge in [-0.3, -0.25) is 0 Å². The Morgan fingerprint density at radius 2 is 1.64 bits per heavy atom. The Labute approximate surface area is 78.6 Å². The normalized spacial score (nSPS) is 18.0. The maximum Gasteiger partial charge on any atom is 0.0752 e.